The van der Waals surface area contributed by atoms with E-state index in [1.165, 1.54) is 0 Å². The van der Waals surface area contributed by atoms with Crippen LogP contribution in [0.5, 0.6) is 0 Å². The Morgan fingerprint density at radius 1 is 1.00 bits per heavy atom. The van der Waals surface area contributed by atoms with Crippen molar-refractivity contribution in [3.05, 3.63) is 63.6 Å². The Labute approximate surface area is 175 Å². The molecule has 0 aromatic heterocycles. The monoisotopic (exact) mass is 440 g/mol. The summed E-state index contributed by atoms with van der Waals surface area (Å²) in [6.45, 7) is 1.47. The van der Waals surface area contributed by atoms with Crippen molar-refractivity contribution in [2.24, 2.45) is 0 Å². The van der Waals surface area contributed by atoms with Gasteiger partial charge in [-0.15, -0.1) is 0 Å². The zero-order chi connectivity index (χ0) is 20.1. The molecule has 1 aliphatic heterocycles. The molecule has 2 aromatic carbocycles. The summed E-state index contributed by atoms with van der Waals surface area (Å²) in [6, 6.07) is 11.7. The third-order valence-corrected chi connectivity index (χ3v) is 7.23. The van der Waals surface area contributed by atoms with E-state index in [0.717, 1.165) is 24.8 Å². The number of carbonyl (C=O) groups is 1. The zero-order valence-corrected chi connectivity index (χ0v) is 17.7. The highest BCUT2D eigenvalue weighted by molar-refractivity contribution is 7.89. The van der Waals surface area contributed by atoms with Crippen LogP contribution in [-0.4, -0.2) is 31.7 Å². The molecule has 1 amide bonds. The molecule has 3 rings (SSSR count). The maximum absolute atomic E-state index is 12.7. The molecule has 1 N–H and O–H groups in total. The number of nitrogens with one attached hydrogen (secondary N) is 1. The second kappa shape index (κ2) is 9.27. The largest absolute Gasteiger partial charge is 0.352 e. The highest BCUT2D eigenvalue weighted by Gasteiger charge is 2.25. The van der Waals surface area contributed by atoms with Crippen LogP contribution in [0.25, 0.3) is 0 Å². The van der Waals surface area contributed by atoms with E-state index in [4.69, 9.17) is 23.2 Å². The van der Waals surface area contributed by atoms with Crippen molar-refractivity contribution in [3.63, 3.8) is 0 Å². The summed E-state index contributed by atoms with van der Waals surface area (Å²) < 4.78 is 26.9. The summed E-state index contributed by atoms with van der Waals surface area (Å²) in [7, 11) is -3.44. The van der Waals surface area contributed by atoms with Crippen LogP contribution in [0, 0.1) is 0 Å². The van der Waals surface area contributed by atoms with Crippen LogP contribution in [0.1, 0.15) is 30.4 Å². The number of halogens is 2. The number of carbonyl (C=O) groups excluding carboxylic acids is 1. The van der Waals surface area contributed by atoms with Gasteiger partial charge in [0.25, 0.3) is 0 Å². The first-order valence-corrected chi connectivity index (χ1v) is 11.4. The third kappa shape index (κ3) is 5.26. The minimum absolute atomic E-state index is 0.150. The standard InChI is InChI=1S/C20H22Cl2N2O3S/c21-17-7-6-16(19(22)13-17)12-20(25)23-14-15-4-8-18(9-5-15)28(26,27)24-10-2-1-3-11-24/h4-9,13H,1-3,10-12,14H2,(H,23,25). The van der Waals surface area contributed by atoms with E-state index in [9.17, 15) is 13.2 Å². The predicted molar refractivity (Wildman–Crippen MR) is 111 cm³/mol. The van der Waals surface area contributed by atoms with Crippen LogP contribution in [0.15, 0.2) is 47.4 Å². The minimum Gasteiger partial charge on any atom is -0.352 e. The summed E-state index contributed by atoms with van der Waals surface area (Å²) >= 11 is 11.9. The molecule has 1 heterocycles. The van der Waals surface area contributed by atoms with Gasteiger partial charge in [0.2, 0.25) is 15.9 Å². The van der Waals surface area contributed by atoms with Crippen molar-refractivity contribution in [3.8, 4) is 0 Å². The fourth-order valence-electron chi connectivity index (χ4n) is 3.13. The molecule has 5 nitrogen and oxygen atoms in total. The van der Waals surface area contributed by atoms with Gasteiger partial charge in [0.1, 0.15) is 0 Å². The van der Waals surface area contributed by atoms with Gasteiger partial charge in [-0.1, -0.05) is 47.8 Å². The summed E-state index contributed by atoms with van der Waals surface area (Å²) in [4.78, 5) is 12.4. The van der Waals surface area contributed by atoms with Gasteiger partial charge in [-0.3, -0.25) is 4.79 Å². The van der Waals surface area contributed by atoms with Crippen LogP contribution >= 0.6 is 23.2 Å². The SMILES string of the molecule is O=C(Cc1ccc(Cl)cc1Cl)NCc1ccc(S(=O)(=O)N2CCCCC2)cc1. The quantitative estimate of drug-likeness (QED) is 0.736. The van der Waals surface area contributed by atoms with Crippen molar-refractivity contribution in [2.75, 3.05) is 13.1 Å². The first-order valence-electron chi connectivity index (χ1n) is 9.16. The van der Waals surface area contributed by atoms with Gasteiger partial charge in [-0.2, -0.15) is 4.31 Å². The van der Waals surface area contributed by atoms with Crippen LogP contribution in [0.3, 0.4) is 0 Å². The molecule has 1 fully saturated rings. The lowest BCUT2D eigenvalue weighted by molar-refractivity contribution is -0.120. The fourth-order valence-corrected chi connectivity index (χ4v) is 5.13. The van der Waals surface area contributed by atoms with E-state index in [-0.39, 0.29) is 17.2 Å². The Kier molecular flexibility index (Phi) is 6.99. The third-order valence-electron chi connectivity index (χ3n) is 4.73. The molecule has 0 atom stereocenters. The molecule has 28 heavy (non-hydrogen) atoms. The van der Waals surface area contributed by atoms with Gasteiger partial charge in [0.15, 0.2) is 0 Å². The normalized spacial score (nSPS) is 15.4. The second-order valence-corrected chi connectivity index (χ2v) is 9.58. The molecule has 150 valence electrons. The maximum Gasteiger partial charge on any atom is 0.243 e. The summed E-state index contributed by atoms with van der Waals surface area (Å²) in [6.07, 6.45) is 3.03. The average molecular weight is 441 g/mol. The minimum atomic E-state index is -3.44. The summed E-state index contributed by atoms with van der Waals surface area (Å²) in [5.41, 5.74) is 1.53. The molecule has 0 unspecified atom stereocenters. The van der Waals surface area contributed by atoms with E-state index >= 15 is 0 Å². The molecule has 0 saturated carbocycles. The lowest BCUT2D eigenvalue weighted by atomic mass is 10.1. The van der Waals surface area contributed by atoms with E-state index in [1.54, 1.807) is 46.8 Å². The number of hydrogen-bond donors (Lipinski definition) is 1. The van der Waals surface area contributed by atoms with E-state index in [0.29, 0.717) is 35.2 Å². The van der Waals surface area contributed by atoms with Gasteiger partial charge >= 0.3 is 0 Å². The number of rotatable bonds is 6. The van der Waals surface area contributed by atoms with E-state index in [2.05, 4.69) is 5.32 Å². The van der Waals surface area contributed by atoms with Crippen LogP contribution in [0.4, 0.5) is 0 Å². The first-order chi connectivity index (χ1) is 13.4. The summed E-state index contributed by atoms with van der Waals surface area (Å²) in [5, 5.41) is 3.80. The molecule has 0 aliphatic carbocycles. The average Bonchev–Trinajstić information content (AvgIpc) is 2.69. The highest BCUT2D eigenvalue weighted by Crippen LogP contribution is 2.22. The van der Waals surface area contributed by atoms with Crippen LogP contribution in [-0.2, 0) is 27.8 Å². The number of benzene rings is 2. The second-order valence-electron chi connectivity index (χ2n) is 6.80. The van der Waals surface area contributed by atoms with E-state index in [1.807, 2.05) is 0 Å². The van der Waals surface area contributed by atoms with Gasteiger partial charge in [-0.05, 0) is 48.2 Å². The van der Waals surface area contributed by atoms with Crippen molar-refractivity contribution in [1.82, 2.24) is 9.62 Å². The van der Waals surface area contributed by atoms with Gasteiger partial charge in [0, 0.05) is 29.7 Å². The number of hydrogen-bond acceptors (Lipinski definition) is 3. The Hall–Kier alpha value is -1.60. The number of nitrogens with zero attached hydrogens (tertiary/aromatic N) is 1. The van der Waals surface area contributed by atoms with Crippen LogP contribution in [0.2, 0.25) is 10.0 Å². The Morgan fingerprint density at radius 3 is 2.32 bits per heavy atom. The van der Waals surface area contributed by atoms with Gasteiger partial charge in [0.05, 0.1) is 11.3 Å². The first kappa shape index (κ1) is 21.1. The van der Waals surface area contributed by atoms with Crippen molar-refractivity contribution in [2.45, 2.75) is 37.1 Å². The van der Waals surface area contributed by atoms with Crippen LogP contribution < -0.4 is 5.32 Å². The van der Waals surface area contributed by atoms with E-state index < -0.39 is 10.0 Å². The smallest absolute Gasteiger partial charge is 0.243 e. The molecule has 1 saturated heterocycles. The molecule has 1 aliphatic rings. The zero-order valence-electron chi connectivity index (χ0n) is 15.3. The van der Waals surface area contributed by atoms with Crippen molar-refractivity contribution in [1.29, 1.82) is 0 Å². The Bertz CT molecular complexity index is 940. The lowest BCUT2D eigenvalue weighted by Gasteiger charge is -2.25. The molecule has 0 bridgehead atoms. The predicted octanol–water partition coefficient (Wildman–Crippen LogP) is 4.03. The van der Waals surface area contributed by atoms with Gasteiger partial charge in [-0.25, -0.2) is 8.42 Å². The number of amides is 1. The molecular weight excluding hydrogens is 419 g/mol. The lowest BCUT2D eigenvalue weighted by Crippen LogP contribution is -2.35. The Morgan fingerprint density at radius 2 is 1.68 bits per heavy atom. The number of piperidine rings is 1. The Balaban J connectivity index is 1.57. The molecule has 2 aromatic rings. The molecule has 8 heteroatoms. The van der Waals surface area contributed by atoms with Gasteiger partial charge < -0.3 is 5.32 Å². The van der Waals surface area contributed by atoms with Crippen molar-refractivity contribution < 1.29 is 13.2 Å². The topological polar surface area (TPSA) is 66.5 Å². The highest BCUT2D eigenvalue weighted by atomic mass is 35.5. The summed E-state index contributed by atoms with van der Waals surface area (Å²) in [5.74, 6) is -0.172. The van der Waals surface area contributed by atoms with Crippen molar-refractivity contribution >= 4 is 39.1 Å². The fraction of sp³-hybridized carbons (Fsp3) is 0.350. The molecular formula is C20H22Cl2N2O3S. The number of sulfonamides is 1. The molecule has 0 spiro atoms. The molecule has 0 radical (unpaired) electrons. The maximum atomic E-state index is 12.7.